The molecule has 118 valence electrons. The molecule has 0 aliphatic rings. The number of phenols is 3. The third-order valence-electron chi connectivity index (χ3n) is 3.75. The first-order chi connectivity index (χ1) is 10.5. The van der Waals surface area contributed by atoms with Gasteiger partial charge in [0, 0.05) is 6.04 Å². The first kappa shape index (κ1) is 16.2. The van der Waals surface area contributed by atoms with Gasteiger partial charge in [0.1, 0.15) is 5.75 Å². The standard InChI is InChI=1S/C18H23NO3/c1-13(2-3-14-4-7-16(20)8-5-14)19-11-10-15-6-9-17(21)18(22)12-15/h4-9,12-13,19-22H,2-3,10-11H2,1H3/i11+2. The summed E-state index contributed by atoms with van der Waals surface area (Å²) in [6.07, 6.45) is 2.79. The minimum absolute atomic E-state index is 0.0714. The molecule has 0 aromatic heterocycles. The van der Waals surface area contributed by atoms with Gasteiger partial charge in [0.15, 0.2) is 11.5 Å². The molecule has 2 aromatic carbocycles. The first-order valence-electron chi connectivity index (χ1n) is 7.57. The van der Waals surface area contributed by atoms with Gasteiger partial charge in [0.25, 0.3) is 0 Å². The van der Waals surface area contributed by atoms with Crippen molar-refractivity contribution < 1.29 is 15.3 Å². The minimum Gasteiger partial charge on any atom is -0.508 e. The fourth-order valence-electron chi connectivity index (χ4n) is 2.34. The second-order valence-electron chi connectivity index (χ2n) is 5.63. The van der Waals surface area contributed by atoms with Crippen LogP contribution in [0.3, 0.4) is 0 Å². The molecular formula is C18H23NO3. The van der Waals surface area contributed by atoms with Crippen molar-refractivity contribution in [3.8, 4) is 17.2 Å². The SMILES string of the molecule is CC(CCc1ccc(O)cc1)N[14CH2]Cc1ccc(O)c(O)c1. The molecule has 0 fully saturated rings. The van der Waals surface area contributed by atoms with E-state index < -0.39 is 0 Å². The van der Waals surface area contributed by atoms with Crippen molar-refractivity contribution in [3.63, 3.8) is 0 Å². The van der Waals surface area contributed by atoms with E-state index in [4.69, 9.17) is 0 Å². The lowest BCUT2D eigenvalue weighted by Gasteiger charge is -2.14. The normalized spacial score (nSPS) is 12.2. The maximum Gasteiger partial charge on any atom is 0.157 e. The van der Waals surface area contributed by atoms with Gasteiger partial charge in [-0.2, -0.15) is 0 Å². The number of phenolic OH excluding ortho intramolecular Hbond substituents is 3. The summed E-state index contributed by atoms with van der Waals surface area (Å²) in [5, 5.41) is 31.4. The third-order valence-corrected chi connectivity index (χ3v) is 3.75. The Balaban J connectivity index is 1.70. The second-order valence-corrected chi connectivity index (χ2v) is 5.63. The van der Waals surface area contributed by atoms with Crippen molar-refractivity contribution in [1.29, 1.82) is 0 Å². The van der Waals surface area contributed by atoms with Gasteiger partial charge in [0.05, 0.1) is 0 Å². The summed E-state index contributed by atoms with van der Waals surface area (Å²) in [6, 6.07) is 12.6. The van der Waals surface area contributed by atoms with Gasteiger partial charge in [-0.25, -0.2) is 0 Å². The molecule has 0 bridgehead atoms. The number of nitrogens with one attached hydrogen (secondary N) is 1. The summed E-state index contributed by atoms with van der Waals surface area (Å²) in [5.74, 6) is 0.143. The highest BCUT2D eigenvalue weighted by Gasteiger charge is 2.04. The quantitative estimate of drug-likeness (QED) is 0.593. The van der Waals surface area contributed by atoms with Crippen molar-refractivity contribution >= 4 is 0 Å². The molecule has 0 aliphatic heterocycles. The number of hydrogen-bond donors (Lipinski definition) is 4. The van der Waals surface area contributed by atoms with E-state index in [9.17, 15) is 15.3 Å². The molecule has 2 aromatic rings. The molecule has 4 nitrogen and oxygen atoms in total. The molecule has 0 saturated carbocycles. The molecule has 0 heterocycles. The Morgan fingerprint density at radius 1 is 0.955 bits per heavy atom. The molecule has 0 spiro atoms. The van der Waals surface area contributed by atoms with E-state index in [2.05, 4.69) is 12.2 Å². The Labute approximate surface area is 131 Å². The summed E-state index contributed by atoms with van der Waals surface area (Å²) >= 11 is 0. The maximum absolute atomic E-state index is 9.45. The van der Waals surface area contributed by atoms with Crippen molar-refractivity contribution in [2.24, 2.45) is 0 Å². The Morgan fingerprint density at radius 2 is 1.64 bits per heavy atom. The minimum atomic E-state index is -0.0843. The monoisotopic (exact) mass is 303 g/mol. The Kier molecular flexibility index (Phi) is 5.67. The van der Waals surface area contributed by atoms with Crippen molar-refractivity contribution in [2.75, 3.05) is 6.54 Å². The topological polar surface area (TPSA) is 72.7 Å². The number of rotatable bonds is 7. The molecule has 2 rings (SSSR count). The van der Waals surface area contributed by atoms with E-state index in [1.54, 1.807) is 18.2 Å². The first-order valence-corrected chi connectivity index (χ1v) is 7.57. The van der Waals surface area contributed by atoms with Crippen LogP contribution in [-0.4, -0.2) is 27.9 Å². The highest BCUT2D eigenvalue weighted by atomic mass is 16.3. The summed E-state index contributed by atoms with van der Waals surface area (Å²) in [6.45, 7) is 2.97. The number of aromatic hydroxyl groups is 3. The molecule has 22 heavy (non-hydrogen) atoms. The average molecular weight is 303 g/mol. The van der Waals surface area contributed by atoms with Crippen LogP contribution in [0.5, 0.6) is 17.2 Å². The number of benzene rings is 2. The van der Waals surface area contributed by atoms with Crippen LogP contribution in [0.2, 0.25) is 0 Å². The van der Waals surface area contributed by atoms with Crippen LogP contribution in [0.4, 0.5) is 0 Å². The van der Waals surface area contributed by atoms with Crippen molar-refractivity contribution in [1.82, 2.24) is 5.32 Å². The molecule has 4 heteroatoms. The Bertz CT molecular complexity index is 596. The van der Waals surface area contributed by atoms with E-state index in [0.717, 1.165) is 31.4 Å². The molecule has 0 aliphatic carbocycles. The lowest BCUT2D eigenvalue weighted by molar-refractivity contribution is 0.403. The molecule has 1 atom stereocenters. The number of aryl methyl sites for hydroxylation is 1. The van der Waals surface area contributed by atoms with E-state index in [0.29, 0.717) is 11.8 Å². The van der Waals surface area contributed by atoms with Crippen LogP contribution in [0, 0.1) is 0 Å². The van der Waals surface area contributed by atoms with Gasteiger partial charge in [-0.15, -0.1) is 0 Å². The molecule has 4 N–H and O–H groups in total. The van der Waals surface area contributed by atoms with Crippen molar-refractivity contribution in [3.05, 3.63) is 53.6 Å². The molecule has 0 amide bonds. The number of hydrogen-bond acceptors (Lipinski definition) is 4. The summed E-state index contributed by atoms with van der Waals surface area (Å²) in [4.78, 5) is 0. The molecule has 1 unspecified atom stereocenters. The van der Waals surface area contributed by atoms with E-state index in [1.807, 2.05) is 18.2 Å². The van der Waals surface area contributed by atoms with Crippen LogP contribution in [0.25, 0.3) is 0 Å². The predicted octanol–water partition coefficient (Wildman–Crippen LogP) is 2.96. The van der Waals surface area contributed by atoms with E-state index >= 15 is 0 Å². The fourth-order valence-corrected chi connectivity index (χ4v) is 2.34. The molecular weight excluding hydrogens is 280 g/mol. The highest BCUT2D eigenvalue weighted by molar-refractivity contribution is 5.40. The van der Waals surface area contributed by atoms with Crippen LogP contribution in [0.1, 0.15) is 24.5 Å². The van der Waals surface area contributed by atoms with Crippen LogP contribution in [0.15, 0.2) is 42.5 Å². The lowest BCUT2D eigenvalue weighted by Crippen LogP contribution is -2.28. The second kappa shape index (κ2) is 7.71. The summed E-state index contributed by atoms with van der Waals surface area (Å²) < 4.78 is 0. The zero-order valence-electron chi connectivity index (χ0n) is 12.8. The average Bonchev–Trinajstić information content (AvgIpc) is 2.50. The van der Waals surface area contributed by atoms with Crippen molar-refractivity contribution in [2.45, 2.75) is 32.2 Å². The predicted molar refractivity (Wildman–Crippen MR) is 87.4 cm³/mol. The zero-order chi connectivity index (χ0) is 15.9. The van der Waals surface area contributed by atoms with Crippen LogP contribution < -0.4 is 5.32 Å². The maximum atomic E-state index is 9.45. The summed E-state index contributed by atoms with van der Waals surface area (Å²) in [5.41, 5.74) is 2.21. The van der Waals surface area contributed by atoms with Gasteiger partial charge in [-0.1, -0.05) is 18.2 Å². The zero-order valence-corrected chi connectivity index (χ0v) is 12.8. The van der Waals surface area contributed by atoms with Gasteiger partial charge < -0.3 is 20.6 Å². The highest BCUT2D eigenvalue weighted by Crippen LogP contribution is 2.24. The Morgan fingerprint density at radius 3 is 2.32 bits per heavy atom. The largest absolute Gasteiger partial charge is 0.508 e. The lowest BCUT2D eigenvalue weighted by atomic mass is 10.1. The smallest absolute Gasteiger partial charge is 0.157 e. The Hall–Kier alpha value is -2.20. The van der Waals surface area contributed by atoms with Gasteiger partial charge in [0.2, 0.25) is 0 Å². The summed E-state index contributed by atoms with van der Waals surface area (Å²) in [7, 11) is 0. The van der Waals surface area contributed by atoms with Gasteiger partial charge in [-0.05, 0) is 68.1 Å². The van der Waals surface area contributed by atoms with Gasteiger partial charge in [-0.3, -0.25) is 0 Å². The van der Waals surface area contributed by atoms with Crippen LogP contribution in [-0.2, 0) is 12.8 Å². The van der Waals surface area contributed by atoms with Crippen LogP contribution >= 0.6 is 0 Å². The van der Waals surface area contributed by atoms with E-state index in [1.165, 1.54) is 11.6 Å². The third kappa shape index (κ3) is 4.97. The fraction of sp³-hybridized carbons (Fsp3) is 0.333. The van der Waals surface area contributed by atoms with E-state index in [-0.39, 0.29) is 11.5 Å². The van der Waals surface area contributed by atoms with Gasteiger partial charge >= 0.3 is 0 Å². The molecule has 0 radical (unpaired) electrons. The molecule has 0 saturated heterocycles.